The average molecular weight is 246 g/mol. The minimum Gasteiger partial charge on any atom is -0.465 e. The van der Waals surface area contributed by atoms with Crippen LogP contribution in [0.1, 0.15) is 19.5 Å². The highest BCUT2D eigenvalue weighted by molar-refractivity contribution is 5.85. The maximum Gasteiger partial charge on any atom is 0.332 e. The Morgan fingerprint density at radius 1 is 1.61 bits per heavy atom. The Labute approximate surface area is 102 Å². The topological polar surface area (TPSA) is 106 Å². The maximum atomic E-state index is 11.9. The number of rotatable bonds is 3. The van der Waals surface area contributed by atoms with Gasteiger partial charge in [-0.05, 0) is 24.3 Å². The van der Waals surface area contributed by atoms with E-state index in [-0.39, 0.29) is 12.3 Å². The van der Waals surface area contributed by atoms with Crippen LogP contribution in [0.4, 0.5) is 0 Å². The molecule has 0 aliphatic heterocycles. The number of fused-ring (bicyclic) bond motifs is 1. The summed E-state index contributed by atoms with van der Waals surface area (Å²) in [5, 5.41) is 20.2. The summed E-state index contributed by atoms with van der Waals surface area (Å²) in [7, 11) is 0. The molecule has 0 aliphatic carbocycles. The molecule has 2 heterocycles. The fraction of sp³-hybridized carbons (Fsp3) is 0.400. The van der Waals surface area contributed by atoms with Crippen LogP contribution >= 0.6 is 0 Å². The van der Waals surface area contributed by atoms with Crippen molar-refractivity contribution in [3.05, 3.63) is 18.1 Å². The van der Waals surface area contributed by atoms with Crippen molar-refractivity contribution in [3.63, 3.8) is 0 Å². The summed E-state index contributed by atoms with van der Waals surface area (Å²) < 4.78 is 6.21. The lowest BCUT2D eigenvalue weighted by Crippen LogP contribution is -2.35. The van der Waals surface area contributed by atoms with Crippen molar-refractivity contribution in [2.75, 3.05) is 6.61 Å². The molecule has 0 saturated carbocycles. The molecule has 2 aromatic rings. The fourth-order valence-electron chi connectivity index (χ4n) is 1.50. The van der Waals surface area contributed by atoms with Crippen molar-refractivity contribution >= 4 is 11.6 Å². The van der Waals surface area contributed by atoms with Crippen LogP contribution in [-0.2, 0) is 14.9 Å². The van der Waals surface area contributed by atoms with Gasteiger partial charge >= 0.3 is 5.97 Å². The number of hydrogen-bond donors (Lipinski definition) is 0. The van der Waals surface area contributed by atoms with E-state index in [1.807, 2.05) is 6.07 Å². The molecule has 8 nitrogen and oxygen atoms in total. The van der Waals surface area contributed by atoms with Gasteiger partial charge in [0.15, 0.2) is 11.1 Å². The lowest BCUT2D eigenvalue weighted by molar-refractivity contribution is -0.147. The Bertz CT molecular complexity index is 631. The minimum atomic E-state index is -1.50. The molecule has 0 bridgehead atoms. The van der Waals surface area contributed by atoms with E-state index in [0.29, 0.717) is 5.65 Å². The molecule has 0 aliphatic rings. The second kappa shape index (κ2) is 4.37. The molecular weight excluding hydrogens is 236 g/mol. The molecule has 1 atom stereocenters. The number of aromatic nitrogens is 5. The lowest BCUT2D eigenvalue weighted by atomic mass is 9.89. The molecule has 0 saturated heterocycles. The normalized spacial score (nSPS) is 13.8. The number of carbonyl (C=O) groups excluding carboxylic acids is 1. The molecule has 0 aromatic carbocycles. The standard InChI is InChI=1S/C10H10N6O2/c1-3-18-9(17)10(2,6-11)7-4-12-5-8-13-14-15-16(7)8/h4-5H,3H2,1-2H3. The Kier molecular flexibility index (Phi) is 2.89. The van der Waals surface area contributed by atoms with E-state index in [0.717, 1.165) is 0 Å². The summed E-state index contributed by atoms with van der Waals surface area (Å²) in [6.07, 6.45) is 2.82. The number of nitriles is 1. The molecule has 0 N–H and O–H groups in total. The predicted octanol–water partition coefficient (Wildman–Crippen LogP) is -0.136. The van der Waals surface area contributed by atoms with Gasteiger partial charge in [-0.3, -0.25) is 4.98 Å². The summed E-state index contributed by atoms with van der Waals surface area (Å²) >= 11 is 0. The van der Waals surface area contributed by atoms with Gasteiger partial charge in [-0.1, -0.05) is 0 Å². The molecule has 1 unspecified atom stereocenters. The zero-order chi connectivity index (χ0) is 13.2. The summed E-state index contributed by atoms with van der Waals surface area (Å²) in [6.45, 7) is 3.31. The molecule has 8 heteroatoms. The quantitative estimate of drug-likeness (QED) is 0.694. The molecule has 2 rings (SSSR count). The van der Waals surface area contributed by atoms with Gasteiger partial charge in [0.1, 0.15) is 0 Å². The van der Waals surface area contributed by atoms with Gasteiger partial charge in [-0.2, -0.15) is 9.78 Å². The number of ether oxygens (including phenoxy) is 1. The predicted molar refractivity (Wildman–Crippen MR) is 58.2 cm³/mol. The Morgan fingerprint density at radius 2 is 2.39 bits per heavy atom. The smallest absolute Gasteiger partial charge is 0.332 e. The summed E-state index contributed by atoms with van der Waals surface area (Å²) in [6, 6.07) is 1.93. The monoisotopic (exact) mass is 246 g/mol. The van der Waals surface area contributed by atoms with Crippen LogP contribution in [0.5, 0.6) is 0 Å². The van der Waals surface area contributed by atoms with E-state index in [1.165, 1.54) is 23.8 Å². The molecule has 2 aromatic heterocycles. The van der Waals surface area contributed by atoms with E-state index in [2.05, 4.69) is 20.5 Å². The van der Waals surface area contributed by atoms with Gasteiger partial charge in [-0.25, -0.2) is 4.79 Å². The average Bonchev–Trinajstić information content (AvgIpc) is 2.86. The van der Waals surface area contributed by atoms with Gasteiger partial charge < -0.3 is 4.74 Å². The van der Waals surface area contributed by atoms with Crippen LogP contribution in [0.25, 0.3) is 5.65 Å². The van der Waals surface area contributed by atoms with Crippen molar-refractivity contribution in [2.45, 2.75) is 19.3 Å². The molecule has 0 amide bonds. The van der Waals surface area contributed by atoms with Crippen molar-refractivity contribution < 1.29 is 9.53 Å². The zero-order valence-electron chi connectivity index (χ0n) is 9.86. The SMILES string of the molecule is CCOC(=O)C(C)(C#N)c1cncc2nnnn12. The number of tetrazole rings is 1. The van der Waals surface area contributed by atoms with Crippen molar-refractivity contribution in [1.29, 1.82) is 5.26 Å². The highest BCUT2D eigenvalue weighted by atomic mass is 16.5. The van der Waals surface area contributed by atoms with E-state index >= 15 is 0 Å². The largest absolute Gasteiger partial charge is 0.465 e. The van der Waals surface area contributed by atoms with Crippen LogP contribution in [0.2, 0.25) is 0 Å². The summed E-state index contributed by atoms with van der Waals surface area (Å²) in [4.78, 5) is 15.8. The van der Waals surface area contributed by atoms with E-state index in [4.69, 9.17) is 4.74 Å². The second-order valence-electron chi connectivity index (χ2n) is 3.70. The first-order valence-electron chi connectivity index (χ1n) is 5.24. The summed E-state index contributed by atoms with van der Waals surface area (Å²) in [5.74, 6) is -0.655. The highest BCUT2D eigenvalue weighted by Gasteiger charge is 2.40. The van der Waals surface area contributed by atoms with E-state index in [9.17, 15) is 10.1 Å². The highest BCUT2D eigenvalue weighted by Crippen LogP contribution is 2.23. The van der Waals surface area contributed by atoms with Crippen LogP contribution in [0.15, 0.2) is 12.4 Å². The molecule has 0 spiro atoms. The van der Waals surface area contributed by atoms with Crippen LogP contribution in [-0.4, -0.2) is 37.6 Å². The first-order chi connectivity index (χ1) is 8.63. The number of hydrogen-bond acceptors (Lipinski definition) is 7. The Morgan fingerprint density at radius 3 is 3.06 bits per heavy atom. The Hall–Kier alpha value is -2.56. The molecule has 92 valence electrons. The van der Waals surface area contributed by atoms with E-state index in [1.54, 1.807) is 6.92 Å². The van der Waals surface area contributed by atoms with Crippen molar-refractivity contribution in [1.82, 2.24) is 25.0 Å². The van der Waals surface area contributed by atoms with Crippen LogP contribution in [0.3, 0.4) is 0 Å². The van der Waals surface area contributed by atoms with Gasteiger partial charge in [0.25, 0.3) is 0 Å². The van der Waals surface area contributed by atoms with Gasteiger partial charge in [0.05, 0.1) is 30.8 Å². The number of nitrogens with zero attached hydrogens (tertiary/aromatic N) is 6. The van der Waals surface area contributed by atoms with Gasteiger partial charge in [0.2, 0.25) is 0 Å². The maximum absolute atomic E-state index is 11.9. The third-order valence-corrected chi connectivity index (χ3v) is 2.53. The lowest BCUT2D eigenvalue weighted by Gasteiger charge is -2.19. The first kappa shape index (κ1) is 11.9. The van der Waals surface area contributed by atoms with Gasteiger partial charge in [-0.15, -0.1) is 5.10 Å². The molecular formula is C10H10N6O2. The summed E-state index contributed by atoms with van der Waals surface area (Å²) in [5.41, 5.74) is -0.873. The van der Waals surface area contributed by atoms with Gasteiger partial charge in [0, 0.05) is 0 Å². The third-order valence-electron chi connectivity index (χ3n) is 2.53. The molecule has 18 heavy (non-hydrogen) atoms. The zero-order valence-corrected chi connectivity index (χ0v) is 9.86. The first-order valence-corrected chi connectivity index (χ1v) is 5.24. The minimum absolute atomic E-state index is 0.190. The van der Waals surface area contributed by atoms with Crippen LogP contribution < -0.4 is 0 Å². The van der Waals surface area contributed by atoms with Crippen molar-refractivity contribution in [3.8, 4) is 6.07 Å². The number of carbonyl (C=O) groups is 1. The molecule has 0 fully saturated rings. The third kappa shape index (κ3) is 1.66. The number of esters is 1. The Balaban J connectivity index is 2.60. The van der Waals surface area contributed by atoms with Crippen molar-refractivity contribution in [2.24, 2.45) is 0 Å². The molecule has 0 radical (unpaired) electrons. The second-order valence-corrected chi connectivity index (χ2v) is 3.70. The van der Waals surface area contributed by atoms with E-state index < -0.39 is 11.4 Å². The van der Waals surface area contributed by atoms with Crippen LogP contribution in [0, 0.1) is 11.3 Å². The fourth-order valence-corrected chi connectivity index (χ4v) is 1.50.